The first kappa shape index (κ1) is 18.4. The number of hydrogen-bond acceptors (Lipinski definition) is 5. The highest BCUT2D eigenvalue weighted by Crippen LogP contribution is 2.24. The van der Waals surface area contributed by atoms with Crippen molar-refractivity contribution in [3.05, 3.63) is 35.4 Å². The largest absolute Gasteiger partial charge is 0.460 e. The molecule has 0 spiro atoms. The van der Waals surface area contributed by atoms with Crippen LogP contribution in [0.5, 0.6) is 0 Å². The summed E-state index contributed by atoms with van der Waals surface area (Å²) in [7, 11) is -3.10. The smallest absolute Gasteiger partial charge is 0.338 e. The van der Waals surface area contributed by atoms with Crippen LogP contribution in [0.4, 0.5) is 0 Å². The van der Waals surface area contributed by atoms with Crippen molar-refractivity contribution in [2.75, 3.05) is 19.4 Å². The van der Waals surface area contributed by atoms with Gasteiger partial charge in [0.1, 0.15) is 6.61 Å². The lowest BCUT2D eigenvalue weighted by Gasteiger charge is -2.10. The van der Waals surface area contributed by atoms with E-state index in [2.05, 4.69) is 5.32 Å². The number of carbonyl (C=O) groups excluding carboxylic acids is 2. The maximum atomic E-state index is 11.9. The summed E-state index contributed by atoms with van der Waals surface area (Å²) < 4.78 is 27.5. The van der Waals surface area contributed by atoms with Gasteiger partial charge in [-0.15, -0.1) is 0 Å². The molecule has 1 aliphatic carbocycles. The predicted octanol–water partition coefficient (Wildman–Crippen LogP) is 1.69. The van der Waals surface area contributed by atoms with Crippen molar-refractivity contribution in [1.82, 2.24) is 5.32 Å². The van der Waals surface area contributed by atoms with Crippen LogP contribution in [0.25, 0.3) is 0 Å². The van der Waals surface area contributed by atoms with Gasteiger partial charge in [0.25, 0.3) is 0 Å². The van der Waals surface area contributed by atoms with Crippen LogP contribution in [0, 0.1) is 5.92 Å². The number of benzene rings is 1. The quantitative estimate of drug-likeness (QED) is 0.595. The van der Waals surface area contributed by atoms with E-state index in [0.717, 1.165) is 31.9 Å². The number of sulfone groups is 1. The van der Waals surface area contributed by atoms with Crippen LogP contribution >= 0.6 is 0 Å². The molecule has 0 atom stereocenters. The molecule has 1 fully saturated rings. The van der Waals surface area contributed by atoms with Crippen molar-refractivity contribution in [3.8, 4) is 0 Å². The first-order valence-electron chi connectivity index (χ1n) is 8.06. The van der Waals surface area contributed by atoms with Gasteiger partial charge < -0.3 is 10.1 Å². The topological polar surface area (TPSA) is 89.5 Å². The maximum absolute atomic E-state index is 11.9. The summed E-state index contributed by atoms with van der Waals surface area (Å²) in [5, 5.41) is 2.78. The van der Waals surface area contributed by atoms with E-state index >= 15 is 0 Å². The van der Waals surface area contributed by atoms with Crippen LogP contribution in [0.3, 0.4) is 0 Å². The van der Waals surface area contributed by atoms with E-state index < -0.39 is 15.8 Å². The highest BCUT2D eigenvalue weighted by Gasteiger charge is 2.22. The molecule has 132 valence electrons. The van der Waals surface area contributed by atoms with E-state index in [1.54, 1.807) is 24.3 Å². The van der Waals surface area contributed by atoms with Crippen LogP contribution < -0.4 is 5.32 Å². The second-order valence-corrected chi connectivity index (χ2v) is 8.32. The molecule has 0 aliphatic heterocycles. The molecule has 24 heavy (non-hydrogen) atoms. The van der Waals surface area contributed by atoms with Crippen molar-refractivity contribution in [1.29, 1.82) is 0 Å². The van der Waals surface area contributed by atoms with Gasteiger partial charge in [0.2, 0.25) is 5.91 Å². The fourth-order valence-electron chi connectivity index (χ4n) is 2.77. The third-order valence-electron chi connectivity index (χ3n) is 3.98. The highest BCUT2D eigenvalue weighted by molar-refractivity contribution is 7.89. The molecule has 7 heteroatoms. The first-order valence-corrected chi connectivity index (χ1v) is 10.1. The molecular formula is C17H23NO5S. The van der Waals surface area contributed by atoms with Gasteiger partial charge in [0.05, 0.1) is 17.9 Å². The average Bonchev–Trinajstić information content (AvgIpc) is 3.04. The SMILES string of the molecule is CS(=O)(=O)Cc1ccc(C(=O)OCCNC(=O)C2CCCC2)cc1. The second-order valence-electron chi connectivity index (χ2n) is 6.18. The molecule has 0 radical (unpaired) electrons. The summed E-state index contributed by atoms with van der Waals surface area (Å²) in [6.07, 6.45) is 5.23. The Labute approximate surface area is 142 Å². The van der Waals surface area contributed by atoms with E-state index in [4.69, 9.17) is 4.74 Å². The zero-order valence-corrected chi connectivity index (χ0v) is 14.6. The number of carbonyl (C=O) groups is 2. The number of ether oxygens (including phenoxy) is 1. The van der Waals surface area contributed by atoms with Gasteiger partial charge in [-0.05, 0) is 30.5 Å². The van der Waals surface area contributed by atoms with Crippen LogP contribution in [-0.2, 0) is 25.1 Å². The lowest BCUT2D eigenvalue weighted by molar-refractivity contribution is -0.124. The van der Waals surface area contributed by atoms with Crippen LogP contribution in [0.15, 0.2) is 24.3 Å². The number of amides is 1. The Balaban J connectivity index is 1.73. The summed E-state index contributed by atoms with van der Waals surface area (Å²) >= 11 is 0. The lowest BCUT2D eigenvalue weighted by Crippen LogP contribution is -2.32. The minimum absolute atomic E-state index is 0.0358. The van der Waals surface area contributed by atoms with Gasteiger partial charge in [0, 0.05) is 12.2 Å². The molecular weight excluding hydrogens is 330 g/mol. The first-order chi connectivity index (χ1) is 11.3. The molecule has 1 saturated carbocycles. The monoisotopic (exact) mass is 353 g/mol. The Bertz CT molecular complexity index is 675. The second kappa shape index (κ2) is 8.28. The Morgan fingerprint density at radius 3 is 2.38 bits per heavy atom. The zero-order valence-electron chi connectivity index (χ0n) is 13.8. The van der Waals surface area contributed by atoms with Gasteiger partial charge in [0.15, 0.2) is 9.84 Å². The third kappa shape index (κ3) is 5.96. The third-order valence-corrected chi connectivity index (χ3v) is 4.84. The van der Waals surface area contributed by atoms with Crippen molar-refractivity contribution in [2.45, 2.75) is 31.4 Å². The molecule has 2 rings (SSSR count). The van der Waals surface area contributed by atoms with Gasteiger partial charge in [-0.2, -0.15) is 0 Å². The van der Waals surface area contributed by atoms with E-state index in [9.17, 15) is 18.0 Å². The average molecular weight is 353 g/mol. The van der Waals surface area contributed by atoms with Gasteiger partial charge >= 0.3 is 5.97 Å². The van der Waals surface area contributed by atoms with Crippen molar-refractivity contribution < 1.29 is 22.7 Å². The molecule has 1 aromatic rings. The summed E-state index contributed by atoms with van der Waals surface area (Å²) in [5.74, 6) is -0.414. The van der Waals surface area contributed by atoms with E-state index in [-0.39, 0.29) is 24.2 Å². The Morgan fingerprint density at radius 1 is 1.17 bits per heavy atom. The van der Waals surface area contributed by atoms with Crippen molar-refractivity contribution in [2.24, 2.45) is 5.92 Å². The lowest BCUT2D eigenvalue weighted by atomic mass is 10.1. The highest BCUT2D eigenvalue weighted by atomic mass is 32.2. The fourth-order valence-corrected chi connectivity index (χ4v) is 3.57. The number of esters is 1. The molecule has 1 aromatic carbocycles. The normalized spacial score (nSPS) is 15.2. The standard InChI is InChI=1S/C17H23NO5S/c1-24(21,22)12-13-6-8-15(9-7-13)17(20)23-11-10-18-16(19)14-4-2-3-5-14/h6-9,14H,2-5,10-12H2,1H3,(H,18,19). The molecule has 1 amide bonds. The Morgan fingerprint density at radius 2 is 1.79 bits per heavy atom. The van der Waals surface area contributed by atoms with Gasteiger partial charge in [-0.25, -0.2) is 13.2 Å². The molecule has 0 saturated heterocycles. The molecule has 0 aromatic heterocycles. The Hall–Kier alpha value is -1.89. The summed E-state index contributed by atoms with van der Waals surface area (Å²) in [6.45, 7) is 0.412. The molecule has 0 heterocycles. The number of rotatable bonds is 7. The minimum Gasteiger partial charge on any atom is -0.460 e. The fraction of sp³-hybridized carbons (Fsp3) is 0.529. The maximum Gasteiger partial charge on any atom is 0.338 e. The van der Waals surface area contributed by atoms with Crippen molar-refractivity contribution >= 4 is 21.7 Å². The number of nitrogens with one attached hydrogen (secondary N) is 1. The van der Waals surface area contributed by atoms with Crippen LogP contribution in [-0.4, -0.2) is 39.7 Å². The van der Waals surface area contributed by atoms with E-state index in [1.807, 2.05) is 0 Å². The predicted molar refractivity (Wildman–Crippen MR) is 90.2 cm³/mol. The summed E-state index contributed by atoms with van der Waals surface area (Å²) in [4.78, 5) is 23.7. The number of hydrogen-bond donors (Lipinski definition) is 1. The van der Waals surface area contributed by atoms with E-state index in [0.29, 0.717) is 17.7 Å². The van der Waals surface area contributed by atoms with Gasteiger partial charge in [-0.3, -0.25) is 4.79 Å². The molecule has 1 N–H and O–H groups in total. The minimum atomic E-state index is -3.10. The summed E-state index contributed by atoms with van der Waals surface area (Å²) in [5.41, 5.74) is 0.979. The zero-order chi connectivity index (χ0) is 17.6. The molecule has 0 unspecified atom stereocenters. The van der Waals surface area contributed by atoms with Crippen molar-refractivity contribution in [3.63, 3.8) is 0 Å². The van der Waals surface area contributed by atoms with Gasteiger partial charge in [-0.1, -0.05) is 25.0 Å². The van der Waals surface area contributed by atoms with Crippen LogP contribution in [0.2, 0.25) is 0 Å². The summed E-state index contributed by atoms with van der Waals surface area (Å²) in [6, 6.07) is 6.28. The van der Waals surface area contributed by atoms with E-state index in [1.165, 1.54) is 0 Å². The Kier molecular flexibility index (Phi) is 6.36. The molecule has 0 bridgehead atoms. The molecule has 1 aliphatic rings. The van der Waals surface area contributed by atoms with Crippen LogP contribution in [0.1, 0.15) is 41.6 Å². The molecule has 6 nitrogen and oxygen atoms in total.